The fraction of sp³-hybridized carbons (Fsp3) is 0.417. The lowest BCUT2D eigenvalue weighted by Gasteiger charge is -2.33. The summed E-state index contributed by atoms with van der Waals surface area (Å²) in [6.07, 6.45) is 0. The molecule has 0 bridgehead atoms. The number of anilines is 1. The Balaban J connectivity index is 2.46. The lowest BCUT2D eigenvalue weighted by Crippen LogP contribution is -2.53. The number of carbonyl (C=O) groups excluding carboxylic acids is 2. The molecule has 2 amide bonds. The van der Waals surface area contributed by atoms with Gasteiger partial charge in [0.1, 0.15) is 24.2 Å². The summed E-state index contributed by atoms with van der Waals surface area (Å²) in [6.45, 7) is 4.49. The van der Waals surface area contributed by atoms with E-state index in [1.807, 2.05) is 0 Å². The van der Waals surface area contributed by atoms with E-state index in [-0.39, 0.29) is 18.3 Å². The summed E-state index contributed by atoms with van der Waals surface area (Å²) in [5.74, 6) is -1.23. The molecule has 0 fully saturated rings. The van der Waals surface area contributed by atoms with Gasteiger partial charge >= 0.3 is 10.2 Å². The summed E-state index contributed by atoms with van der Waals surface area (Å²) in [6, 6.07) is 11.2. The van der Waals surface area contributed by atoms with Crippen molar-refractivity contribution in [1.29, 1.82) is 0 Å². The van der Waals surface area contributed by atoms with Crippen molar-refractivity contribution in [3.63, 3.8) is 0 Å². The summed E-state index contributed by atoms with van der Waals surface area (Å²) >= 11 is 0. The quantitative estimate of drug-likeness (QED) is 0.503. The molecule has 0 spiro atoms. The second kappa shape index (κ2) is 12.0. The number of methoxy groups -OCH3 is 1. The van der Waals surface area contributed by atoms with Crippen molar-refractivity contribution in [3.8, 4) is 5.75 Å². The molecule has 192 valence electrons. The Morgan fingerprint density at radius 2 is 1.63 bits per heavy atom. The highest BCUT2D eigenvalue weighted by molar-refractivity contribution is 7.90. The average molecular weight is 509 g/mol. The highest BCUT2D eigenvalue weighted by Crippen LogP contribution is 2.24. The lowest BCUT2D eigenvalue weighted by atomic mass is 10.1. The minimum Gasteiger partial charge on any atom is -0.497 e. The first-order valence-corrected chi connectivity index (χ1v) is 12.5. The zero-order valence-electron chi connectivity index (χ0n) is 20.9. The molecule has 0 saturated carbocycles. The van der Waals surface area contributed by atoms with Crippen molar-refractivity contribution in [1.82, 2.24) is 14.5 Å². The summed E-state index contributed by atoms with van der Waals surface area (Å²) in [5.41, 5.74) is 0.439. The van der Waals surface area contributed by atoms with Crippen LogP contribution in [0.5, 0.6) is 5.75 Å². The number of hydrogen-bond acceptors (Lipinski definition) is 5. The Hall–Kier alpha value is -3.18. The highest BCUT2D eigenvalue weighted by Gasteiger charge is 2.33. The molecule has 0 saturated heterocycles. The van der Waals surface area contributed by atoms with E-state index in [0.29, 0.717) is 15.6 Å². The number of nitrogens with one attached hydrogen (secondary N) is 1. The van der Waals surface area contributed by atoms with Crippen LogP contribution in [0.4, 0.5) is 10.1 Å². The number of nitrogens with zero attached hydrogens (tertiary/aromatic N) is 3. The van der Waals surface area contributed by atoms with Gasteiger partial charge in [-0.2, -0.15) is 12.7 Å². The molecule has 0 aliphatic rings. The third-order valence-electron chi connectivity index (χ3n) is 5.25. The smallest absolute Gasteiger partial charge is 0.304 e. The summed E-state index contributed by atoms with van der Waals surface area (Å²) in [7, 11) is -0.108. The minimum absolute atomic E-state index is 0.0304. The second-order valence-corrected chi connectivity index (χ2v) is 10.5. The maximum atomic E-state index is 14.6. The molecule has 2 aromatic rings. The van der Waals surface area contributed by atoms with Crippen molar-refractivity contribution < 1.29 is 27.1 Å². The van der Waals surface area contributed by atoms with Crippen molar-refractivity contribution in [2.24, 2.45) is 0 Å². The van der Waals surface area contributed by atoms with Crippen LogP contribution in [0.2, 0.25) is 0 Å². The molecular formula is C24H33FN4O5S. The molecule has 1 atom stereocenters. The molecule has 0 radical (unpaired) electrons. The topological polar surface area (TPSA) is 99.3 Å². The Bertz CT molecular complexity index is 1120. The van der Waals surface area contributed by atoms with Gasteiger partial charge in [0.2, 0.25) is 11.8 Å². The van der Waals surface area contributed by atoms with Crippen LogP contribution in [0.1, 0.15) is 26.3 Å². The molecule has 1 N–H and O–H groups in total. The van der Waals surface area contributed by atoms with Crippen LogP contribution in [0.25, 0.3) is 0 Å². The molecule has 0 aliphatic heterocycles. The molecule has 0 aromatic heterocycles. The molecule has 9 nitrogen and oxygen atoms in total. The van der Waals surface area contributed by atoms with Gasteiger partial charge in [0, 0.05) is 26.7 Å². The van der Waals surface area contributed by atoms with Crippen molar-refractivity contribution in [2.45, 2.75) is 39.4 Å². The predicted octanol–water partition coefficient (Wildman–Crippen LogP) is 2.39. The van der Waals surface area contributed by atoms with Gasteiger partial charge in [-0.15, -0.1) is 0 Å². The number of para-hydroxylation sites is 1. The van der Waals surface area contributed by atoms with E-state index in [9.17, 15) is 22.4 Å². The third kappa shape index (κ3) is 7.15. The number of rotatable bonds is 11. The number of ether oxygens (including phenoxy) is 1. The lowest BCUT2D eigenvalue weighted by molar-refractivity contribution is -0.139. The van der Waals surface area contributed by atoms with Crippen molar-refractivity contribution in [2.75, 3.05) is 32.1 Å². The standard InChI is InChI=1S/C24H33FN4O5S/c1-17(2)26-24(31)18(3)28(15-19-11-13-20(34-6)14-12-19)23(30)16-29(35(32,33)27(4)5)22-10-8-7-9-21(22)25/h7-14,17-18H,15-16H2,1-6H3,(H,26,31). The normalized spacial score (nSPS) is 12.4. The molecule has 2 rings (SSSR count). The van der Waals surface area contributed by atoms with E-state index < -0.39 is 40.4 Å². The first kappa shape index (κ1) is 28.1. The first-order chi connectivity index (χ1) is 16.4. The molecule has 1 unspecified atom stereocenters. The minimum atomic E-state index is -4.23. The van der Waals surface area contributed by atoms with Crippen LogP contribution in [-0.2, 0) is 26.3 Å². The van der Waals surface area contributed by atoms with Crippen LogP contribution in [0.3, 0.4) is 0 Å². The fourth-order valence-electron chi connectivity index (χ4n) is 3.27. The molecule has 11 heteroatoms. The molecule has 2 aromatic carbocycles. The number of benzene rings is 2. The van der Waals surface area contributed by atoms with Crippen LogP contribution in [0.15, 0.2) is 48.5 Å². The van der Waals surface area contributed by atoms with Gasteiger partial charge in [0.25, 0.3) is 0 Å². The van der Waals surface area contributed by atoms with E-state index in [1.54, 1.807) is 45.0 Å². The van der Waals surface area contributed by atoms with Crippen LogP contribution in [-0.4, -0.2) is 69.3 Å². The molecular weight excluding hydrogens is 475 g/mol. The Kier molecular flexibility index (Phi) is 9.61. The number of carbonyl (C=O) groups is 2. The Morgan fingerprint density at radius 3 is 2.14 bits per heavy atom. The summed E-state index contributed by atoms with van der Waals surface area (Å²) < 4.78 is 47.5. The van der Waals surface area contributed by atoms with Crippen molar-refractivity contribution in [3.05, 3.63) is 59.9 Å². The van der Waals surface area contributed by atoms with Gasteiger partial charge in [0.15, 0.2) is 0 Å². The Labute approximate surface area is 206 Å². The summed E-state index contributed by atoms with van der Waals surface area (Å²) in [4.78, 5) is 27.6. The maximum Gasteiger partial charge on any atom is 0.304 e. The van der Waals surface area contributed by atoms with Gasteiger partial charge in [-0.25, -0.2) is 8.70 Å². The monoisotopic (exact) mass is 508 g/mol. The van der Waals surface area contributed by atoms with Crippen LogP contribution < -0.4 is 14.4 Å². The molecule has 0 heterocycles. The van der Waals surface area contributed by atoms with Gasteiger partial charge in [-0.1, -0.05) is 24.3 Å². The number of amides is 2. The first-order valence-electron chi connectivity index (χ1n) is 11.1. The molecule has 35 heavy (non-hydrogen) atoms. The van der Waals surface area contributed by atoms with E-state index in [0.717, 1.165) is 10.4 Å². The Morgan fingerprint density at radius 1 is 1.03 bits per heavy atom. The van der Waals surface area contributed by atoms with E-state index in [2.05, 4.69) is 5.32 Å². The van der Waals surface area contributed by atoms with Gasteiger partial charge in [-0.3, -0.25) is 9.59 Å². The van der Waals surface area contributed by atoms with Gasteiger partial charge < -0.3 is 15.0 Å². The zero-order valence-corrected chi connectivity index (χ0v) is 21.7. The maximum absolute atomic E-state index is 14.6. The van der Waals surface area contributed by atoms with E-state index in [4.69, 9.17) is 4.74 Å². The largest absolute Gasteiger partial charge is 0.497 e. The molecule has 0 aliphatic carbocycles. The van der Waals surface area contributed by atoms with Crippen LogP contribution in [0, 0.1) is 5.82 Å². The fourth-order valence-corrected chi connectivity index (χ4v) is 4.34. The predicted molar refractivity (Wildman–Crippen MR) is 133 cm³/mol. The second-order valence-electron chi connectivity index (χ2n) is 8.46. The third-order valence-corrected chi connectivity index (χ3v) is 7.06. The highest BCUT2D eigenvalue weighted by atomic mass is 32.2. The van der Waals surface area contributed by atoms with Crippen molar-refractivity contribution >= 4 is 27.7 Å². The van der Waals surface area contributed by atoms with Gasteiger partial charge in [-0.05, 0) is 50.6 Å². The SMILES string of the molecule is COc1ccc(CN(C(=O)CN(c2ccccc2F)S(=O)(=O)N(C)C)C(C)C(=O)NC(C)C)cc1. The van der Waals surface area contributed by atoms with E-state index in [1.165, 1.54) is 44.3 Å². The van der Waals surface area contributed by atoms with Crippen LogP contribution >= 0.6 is 0 Å². The number of halogens is 1. The van der Waals surface area contributed by atoms with Gasteiger partial charge in [0.05, 0.1) is 12.8 Å². The zero-order chi connectivity index (χ0) is 26.3. The number of hydrogen-bond donors (Lipinski definition) is 1. The average Bonchev–Trinajstić information content (AvgIpc) is 2.80. The van der Waals surface area contributed by atoms with E-state index >= 15 is 0 Å². The summed E-state index contributed by atoms with van der Waals surface area (Å²) in [5, 5.41) is 2.77.